The van der Waals surface area contributed by atoms with E-state index in [9.17, 15) is 4.79 Å². The number of aromatic nitrogens is 5. The highest BCUT2D eigenvalue weighted by Gasteiger charge is 2.35. The molecule has 0 saturated carbocycles. The standard InChI is InChI=1S/C28H35N7O2/c1-18-11-12-19(2)24-20(18)17-21(27(36)29-24)25(26-30-31-32-35(26)28(3,4)5)34-15-13-33(14-16-34)22-9-7-8-10-23(22)37-6/h7-12,17,25H,13-16H2,1-6H3,(H,29,36)/t25-/m0/s1. The van der Waals surface area contributed by atoms with Crippen LogP contribution in [0.1, 0.15) is 49.3 Å². The van der Waals surface area contributed by atoms with Gasteiger partial charge in [0.1, 0.15) is 11.8 Å². The van der Waals surface area contributed by atoms with Crippen LogP contribution in [0.15, 0.2) is 47.3 Å². The second-order valence-corrected chi connectivity index (χ2v) is 10.8. The van der Waals surface area contributed by atoms with Gasteiger partial charge in [-0.1, -0.05) is 24.3 Å². The van der Waals surface area contributed by atoms with Gasteiger partial charge in [-0.25, -0.2) is 4.68 Å². The molecule has 1 N–H and O–H groups in total. The number of methoxy groups -OCH3 is 1. The van der Waals surface area contributed by atoms with Crippen molar-refractivity contribution in [2.75, 3.05) is 38.2 Å². The smallest absolute Gasteiger partial charge is 0.253 e. The first-order valence-electron chi connectivity index (χ1n) is 12.7. The van der Waals surface area contributed by atoms with Crippen LogP contribution in [-0.4, -0.2) is 63.4 Å². The van der Waals surface area contributed by atoms with Crippen molar-refractivity contribution in [2.24, 2.45) is 0 Å². The van der Waals surface area contributed by atoms with E-state index in [1.165, 1.54) is 0 Å². The zero-order valence-electron chi connectivity index (χ0n) is 22.4. The molecule has 0 spiro atoms. The third-order valence-electron chi connectivity index (χ3n) is 7.25. The summed E-state index contributed by atoms with van der Waals surface area (Å²) in [4.78, 5) is 21.4. The Balaban J connectivity index is 1.58. The maximum Gasteiger partial charge on any atom is 0.253 e. The zero-order chi connectivity index (χ0) is 26.3. The van der Waals surface area contributed by atoms with Gasteiger partial charge in [-0.3, -0.25) is 9.69 Å². The van der Waals surface area contributed by atoms with Gasteiger partial charge >= 0.3 is 0 Å². The minimum Gasteiger partial charge on any atom is -0.495 e. The van der Waals surface area contributed by atoms with E-state index in [4.69, 9.17) is 4.74 Å². The summed E-state index contributed by atoms with van der Waals surface area (Å²) in [7, 11) is 1.70. The molecule has 3 heterocycles. The first kappa shape index (κ1) is 25.0. The highest BCUT2D eigenvalue weighted by Crippen LogP contribution is 2.33. The fourth-order valence-electron chi connectivity index (χ4n) is 5.25. The topological polar surface area (TPSA) is 92.2 Å². The van der Waals surface area contributed by atoms with Crippen LogP contribution < -0.4 is 15.2 Å². The number of aromatic amines is 1. The summed E-state index contributed by atoms with van der Waals surface area (Å²) >= 11 is 0. The monoisotopic (exact) mass is 501 g/mol. The second kappa shape index (κ2) is 9.63. The van der Waals surface area contributed by atoms with E-state index in [0.29, 0.717) is 11.4 Å². The van der Waals surface area contributed by atoms with Crippen molar-refractivity contribution in [1.82, 2.24) is 30.1 Å². The van der Waals surface area contributed by atoms with Crippen LogP contribution in [0, 0.1) is 13.8 Å². The molecule has 37 heavy (non-hydrogen) atoms. The molecule has 1 aliphatic rings. The average molecular weight is 502 g/mol. The highest BCUT2D eigenvalue weighted by molar-refractivity contribution is 5.85. The highest BCUT2D eigenvalue weighted by atomic mass is 16.5. The third kappa shape index (κ3) is 4.59. The lowest BCUT2D eigenvalue weighted by Gasteiger charge is -2.40. The Morgan fingerprint density at radius 2 is 1.70 bits per heavy atom. The summed E-state index contributed by atoms with van der Waals surface area (Å²) in [6.07, 6.45) is 0. The maximum absolute atomic E-state index is 13.6. The van der Waals surface area contributed by atoms with Gasteiger partial charge in [0.15, 0.2) is 5.82 Å². The molecule has 0 radical (unpaired) electrons. The third-order valence-corrected chi connectivity index (χ3v) is 7.25. The minimum absolute atomic E-state index is 0.109. The van der Waals surface area contributed by atoms with Gasteiger partial charge in [0.2, 0.25) is 0 Å². The summed E-state index contributed by atoms with van der Waals surface area (Å²) < 4.78 is 7.45. The van der Waals surface area contributed by atoms with E-state index in [1.807, 2.05) is 41.9 Å². The average Bonchev–Trinajstić information content (AvgIpc) is 3.38. The Kier molecular flexibility index (Phi) is 6.49. The van der Waals surface area contributed by atoms with E-state index in [0.717, 1.165) is 59.6 Å². The molecule has 2 aromatic carbocycles. The predicted molar refractivity (Wildman–Crippen MR) is 145 cm³/mol. The second-order valence-electron chi connectivity index (χ2n) is 10.8. The van der Waals surface area contributed by atoms with Crippen molar-refractivity contribution in [3.8, 4) is 5.75 Å². The van der Waals surface area contributed by atoms with Crippen molar-refractivity contribution >= 4 is 16.6 Å². The van der Waals surface area contributed by atoms with Gasteiger partial charge in [-0.2, -0.15) is 0 Å². The van der Waals surface area contributed by atoms with Crippen molar-refractivity contribution in [1.29, 1.82) is 0 Å². The first-order chi connectivity index (χ1) is 17.7. The lowest BCUT2D eigenvalue weighted by atomic mass is 9.98. The number of piperazine rings is 1. The van der Waals surface area contributed by atoms with E-state index in [1.54, 1.807) is 7.11 Å². The number of H-pyrrole nitrogens is 1. The fourth-order valence-corrected chi connectivity index (χ4v) is 5.25. The van der Waals surface area contributed by atoms with Crippen LogP contribution in [0.4, 0.5) is 5.69 Å². The molecule has 0 aliphatic carbocycles. The first-order valence-corrected chi connectivity index (χ1v) is 12.7. The zero-order valence-corrected chi connectivity index (χ0v) is 22.4. The molecule has 194 valence electrons. The number of rotatable bonds is 5. The van der Waals surface area contributed by atoms with Gasteiger partial charge in [-0.15, -0.1) is 5.10 Å². The largest absolute Gasteiger partial charge is 0.495 e. The van der Waals surface area contributed by atoms with Crippen molar-refractivity contribution in [3.05, 3.63) is 75.3 Å². The van der Waals surface area contributed by atoms with Crippen LogP contribution in [0.3, 0.4) is 0 Å². The molecule has 1 atom stereocenters. The van der Waals surface area contributed by atoms with Crippen LogP contribution in [0.25, 0.3) is 10.9 Å². The molecule has 0 unspecified atom stereocenters. The number of benzene rings is 2. The van der Waals surface area contributed by atoms with E-state index in [2.05, 4.69) is 70.1 Å². The van der Waals surface area contributed by atoms with Gasteiger partial charge in [0.25, 0.3) is 5.56 Å². The molecule has 1 fully saturated rings. The maximum atomic E-state index is 13.6. The molecule has 4 aromatic rings. The van der Waals surface area contributed by atoms with Crippen LogP contribution in [-0.2, 0) is 5.54 Å². The lowest BCUT2D eigenvalue weighted by Crippen LogP contribution is -2.49. The van der Waals surface area contributed by atoms with Crippen molar-refractivity contribution < 1.29 is 4.74 Å². The molecule has 5 rings (SSSR count). The normalized spacial score (nSPS) is 15.8. The fraction of sp³-hybridized carbons (Fsp3) is 0.429. The number of hydrogen-bond donors (Lipinski definition) is 1. The number of nitrogens with one attached hydrogen (secondary N) is 1. The SMILES string of the molecule is COc1ccccc1N1CCN([C@@H](c2cc3c(C)ccc(C)c3[nH]c2=O)c2nnnn2C(C)(C)C)CC1. The molecule has 2 aromatic heterocycles. The summed E-state index contributed by atoms with van der Waals surface area (Å²) in [5.41, 5.74) is 4.33. The van der Waals surface area contributed by atoms with Gasteiger partial charge < -0.3 is 14.6 Å². The lowest BCUT2D eigenvalue weighted by molar-refractivity contribution is 0.190. The summed E-state index contributed by atoms with van der Waals surface area (Å²) in [6.45, 7) is 13.4. The van der Waals surface area contributed by atoms with Crippen molar-refractivity contribution in [2.45, 2.75) is 46.2 Å². The van der Waals surface area contributed by atoms with E-state index in [-0.39, 0.29) is 17.1 Å². The van der Waals surface area contributed by atoms with E-state index >= 15 is 0 Å². The predicted octanol–water partition coefficient (Wildman–Crippen LogP) is 3.81. The Morgan fingerprint density at radius 3 is 2.41 bits per heavy atom. The van der Waals surface area contributed by atoms with Crippen LogP contribution >= 0.6 is 0 Å². The Labute approximate surface area is 217 Å². The molecule has 9 nitrogen and oxygen atoms in total. The van der Waals surface area contributed by atoms with Gasteiger partial charge in [0, 0.05) is 37.1 Å². The van der Waals surface area contributed by atoms with Gasteiger partial charge in [0.05, 0.1) is 23.9 Å². The Hall–Kier alpha value is -3.72. The number of pyridine rings is 1. The quantitative estimate of drug-likeness (QED) is 0.445. The molecular weight excluding hydrogens is 466 g/mol. The van der Waals surface area contributed by atoms with Gasteiger partial charge in [-0.05, 0) is 74.4 Å². The van der Waals surface area contributed by atoms with Crippen LogP contribution in [0.2, 0.25) is 0 Å². The number of ether oxygens (including phenoxy) is 1. The number of nitrogens with zero attached hydrogens (tertiary/aromatic N) is 6. The molecule has 0 amide bonds. The molecule has 9 heteroatoms. The number of tetrazole rings is 1. The molecule has 1 aliphatic heterocycles. The summed E-state index contributed by atoms with van der Waals surface area (Å²) in [5.74, 6) is 1.54. The van der Waals surface area contributed by atoms with Crippen molar-refractivity contribution in [3.63, 3.8) is 0 Å². The number of hydrogen-bond acceptors (Lipinski definition) is 7. The number of para-hydroxylation sites is 2. The van der Waals surface area contributed by atoms with Crippen LogP contribution in [0.5, 0.6) is 5.75 Å². The molecule has 1 saturated heterocycles. The van der Waals surface area contributed by atoms with E-state index < -0.39 is 0 Å². The summed E-state index contributed by atoms with van der Waals surface area (Å²) in [5, 5.41) is 13.9. The number of anilines is 1. The minimum atomic E-state index is -0.387. The Morgan fingerprint density at radius 1 is 1.00 bits per heavy atom. The summed E-state index contributed by atoms with van der Waals surface area (Å²) in [6, 6.07) is 13.9. The number of fused-ring (bicyclic) bond motifs is 1. The Bertz CT molecular complexity index is 1480. The molecule has 0 bridgehead atoms. The number of aryl methyl sites for hydroxylation is 2. The molecular formula is C28H35N7O2.